The number of carbonyl (C=O) groups excluding carboxylic acids is 1. The number of carbonyl (C=O) groups is 2. The Morgan fingerprint density at radius 1 is 1.50 bits per heavy atom. The first kappa shape index (κ1) is 14.8. The van der Waals surface area contributed by atoms with Gasteiger partial charge in [0.1, 0.15) is 0 Å². The number of hydrogen-bond acceptors (Lipinski definition) is 3. The maximum atomic E-state index is 12.1. The molecular formula is C12H22N2O4. The van der Waals surface area contributed by atoms with Gasteiger partial charge in [-0.1, -0.05) is 6.92 Å². The van der Waals surface area contributed by atoms with Crippen LogP contribution in [-0.4, -0.2) is 64.8 Å². The van der Waals surface area contributed by atoms with Crippen molar-refractivity contribution in [2.75, 3.05) is 26.7 Å². The molecule has 3 atom stereocenters. The van der Waals surface area contributed by atoms with Crippen molar-refractivity contribution in [1.29, 1.82) is 0 Å². The zero-order valence-corrected chi connectivity index (χ0v) is 11.2. The van der Waals surface area contributed by atoms with Crippen molar-refractivity contribution < 1.29 is 19.8 Å². The predicted molar refractivity (Wildman–Crippen MR) is 66.2 cm³/mol. The highest BCUT2D eigenvalue weighted by atomic mass is 16.4. The van der Waals surface area contributed by atoms with Crippen LogP contribution in [0.25, 0.3) is 0 Å². The van der Waals surface area contributed by atoms with Crippen LogP contribution in [0.3, 0.4) is 0 Å². The van der Waals surface area contributed by atoms with Gasteiger partial charge < -0.3 is 20.0 Å². The van der Waals surface area contributed by atoms with E-state index in [4.69, 9.17) is 10.2 Å². The van der Waals surface area contributed by atoms with E-state index in [0.29, 0.717) is 19.5 Å². The molecule has 0 aliphatic carbocycles. The first-order valence-electron chi connectivity index (χ1n) is 6.23. The number of aliphatic hydroxyl groups excluding tert-OH is 1. The number of piperidine rings is 1. The Balaban J connectivity index is 2.60. The molecule has 1 heterocycles. The molecule has 0 aromatic heterocycles. The highest BCUT2D eigenvalue weighted by molar-refractivity contribution is 5.75. The third-order valence-electron chi connectivity index (χ3n) is 3.72. The molecule has 0 saturated carbocycles. The van der Waals surface area contributed by atoms with E-state index in [9.17, 15) is 9.59 Å². The van der Waals surface area contributed by atoms with E-state index in [1.165, 1.54) is 4.90 Å². The Kier molecular flexibility index (Phi) is 4.95. The summed E-state index contributed by atoms with van der Waals surface area (Å²) >= 11 is 0. The van der Waals surface area contributed by atoms with Crippen molar-refractivity contribution in [1.82, 2.24) is 9.80 Å². The van der Waals surface area contributed by atoms with Gasteiger partial charge in [-0.05, 0) is 19.3 Å². The van der Waals surface area contributed by atoms with Crippen LogP contribution in [0.15, 0.2) is 0 Å². The smallest absolute Gasteiger partial charge is 0.320 e. The molecule has 0 radical (unpaired) electrons. The average molecular weight is 258 g/mol. The number of carboxylic acid groups (broad SMARTS) is 1. The molecule has 18 heavy (non-hydrogen) atoms. The summed E-state index contributed by atoms with van der Waals surface area (Å²) in [5.74, 6) is -1.20. The molecule has 6 nitrogen and oxygen atoms in total. The number of likely N-dealkylation sites (tertiary alicyclic amines) is 1. The van der Waals surface area contributed by atoms with Gasteiger partial charge in [0, 0.05) is 20.1 Å². The van der Waals surface area contributed by atoms with Gasteiger partial charge in [-0.3, -0.25) is 4.79 Å². The number of aliphatic hydroxyl groups is 1. The van der Waals surface area contributed by atoms with Gasteiger partial charge in [0.15, 0.2) is 0 Å². The Bertz CT molecular complexity index is 321. The molecule has 0 bridgehead atoms. The van der Waals surface area contributed by atoms with Gasteiger partial charge in [0.05, 0.1) is 18.6 Å². The van der Waals surface area contributed by atoms with E-state index in [1.807, 2.05) is 6.92 Å². The number of nitrogens with zero attached hydrogens (tertiary/aromatic N) is 2. The third-order valence-corrected chi connectivity index (χ3v) is 3.72. The molecule has 0 aromatic rings. The molecule has 3 unspecified atom stereocenters. The van der Waals surface area contributed by atoms with Gasteiger partial charge >= 0.3 is 12.0 Å². The quantitative estimate of drug-likeness (QED) is 0.770. The first-order valence-corrected chi connectivity index (χ1v) is 6.23. The number of hydrogen-bond donors (Lipinski definition) is 2. The van der Waals surface area contributed by atoms with Crippen LogP contribution < -0.4 is 0 Å². The standard InChI is InChI=1S/C12H22N2O4/c1-8-6-14(5-4-10(8)11(16)17)12(18)13(3)9(2)7-15/h8-10,15H,4-7H2,1-3H3,(H,16,17). The maximum Gasteiger partial charge on any atom is 0.320 e. The van der Waals surface area contributed by atoms with Crippen LogP contribution in [0.2, 0.25) is 0 Å². The lowest BCUT2D eigenvalue weighted by atomic mass is 9.87. The van der Waals surface area contributed by atoms with E-state index in [0.717, 1.165) is 0 Å². The summed E-state index contributed by atoms with van der Waals surface area (Å²) in [7, 11) is 1.65. The van der Waals surface area contributed by atoms with Crippen LogP contribution in [-0.2, 0) is 4.79 Å². The second-order valence-electron chi connectivity index (χ2n) is 5.08. The van der Waals surface area contributed by atoms with Crippen molar-refractivity contribution in [2.24, 2.45) is 11.8 Å². The molecule has 2 amide bonds. The molecule has 104 valence electrons. The van der Waals surface area contributed by atoms with Crippen LogP contribution >= 0.6 is 0 Å². The predicted octanol–water partition coefficient (Wildman–Crippen LogP) is 0.462. The van der Waals surface area contributed by atoms with Crippen molar-refractivity contribution in [3.8, 4) is 0 Å². The summed E-state index contributed by atoms with van der Waals surface area (Å²) in [6.45, 7) is 4.46. The van der Waals surface area contributed by atoms with Gasteiger partial charge in [0.2, 0.25) is 0 Å². The number of aliphatic carboxylic acids is 1. The van der Waals surface area contributed by atoms with Crippen LogP contribution in [0.4, 0.5) is 4.79 Å². The van der Waals surface area contributed by atoms with Crippen LogP contribution in [0.5, 0.6) is 0 Å². The molecule has 1 fully saturated rings. The number of urea groups is 1. The molecule has 1 aliphatic rings. The van der Waals surface area contributed by atoms with Crippen molar-refractivity contribution in [3.63, 3.8) is 0 Å². The lowest BCUT2D eigenvalue weighted by molar-refractivity contribution is -0.145. The SMILES string of the molecule is CC1CN(C(=O)N(C)C(C)CO)CCC1C(=O)O. The number of amides is 2. The van der Waals surface area contributed by atoms with E-state index in [2.05, 4.69) is 0 Å². The van der Waals surface area contributed by atoms with E-state index >= 15 is 0 Å². The van der Waals surface area contributed by atoms with E-state index in [1.54, 1.807) is 18.9 Å². The Morgan fingerprint density at radius 3 is 2.56 bits per heavy atom. The lowest BCUT2D eigenvalue weighted by Crippen LogP contribution is -2.51. The summed E-state index contributed by atoms with van der Waals surface area (Å²) in [5, 5.41) is 18.1. The monoisotopic (exact) mass is 258 g/mol. The molecule has 6 heteroatoms. The normalized spacial score (nSPS) is 25.7. The largest absolute Gasteiger partial charge is 0.481 e. The molecule has 1 aliphatic heterocycles. The minimum Gasteiger partial charge on any atom is -0.481 e. The second kappa shape index (κ2) is 6.04. The number of carboxylic acids is 1. The summed E-state index contributed by atoms with van der Waals surface area (Å²) in [4.78, 5) is 26.3. The fourth-order valence-electron chi connectivity index (χ4n) is 2.22. The molecular weight excluding hydrogens is 236 g/mol. The van der Waals surface area contributed by atoms with E-state index in [-0.39, 0.29) is 30.5 Å². The zero-order valence-electron chi connectivity index (χ0n) is 11.2. The van der Waals surface area contributed by atoms with Crippen LogP contribution in [0.1, 0.15) is 20.3 Å². The molecule has 1 rings (SSSR count). The fraction of sp³-hybridized carbons (Fsp3) is 0.833. The fourth-order valence-corrected chi connectivity index (χ4v) is 2.22. The Hall–Kier alpha value is -1.30. The highest BCUT2D eigenvalue weighted by Crippen LogP contribution is 2.24. The average Bonchev–Trinajstić information content (AvgIpc) is 2.35. The molecule has 0 aromatic carbocycles. The highest BCUT2D eigenvalue weighted by Gasteiger charge is 2.34. The van der Waals surface area contributed by atoms with E-state index < -0.39 is 5.97 Å². The minimum atomic E-state index is -0.785. The third kappa shape index (κ3) is 3.13. The minimum absolute atomic E-state index is 0.0435. The Labute approximate surface area is 107 Å². The summed E-state index contributed by atoms with van der Waals surface area (Å²) in [5.41, 5.74) is 0. The van der Waals surface area contributed by atoms with Crippen molar-refractivity contribution in [2.45, 2.75) is 26.3 Å². The lowest BCUT2D eigenvalue weighted by Gasteiger charge is -2.38. The summed E-state index contributed by atoms with van der Waals surface area (Å²) in [6, 6.07) is -0.378. The second-order valence-corrected chi connectivity index (χ2v) is 5.08. The zero-order chi connectivity index (χ0) is 13.9. The maximum absolute atomic E-state index is 12.1. The van der Waals surface area contributed by atoms with Crippen molar-refractivity contribution >= 4 is 12.0 Å². The topological polar surface area (TPSA) is 81.1 Å². The van der Waals surface area contributed by atoms with Crippen molar-refractivity contribution in [3.05, 3.63) is 0 Å². The molecule has 0 spiro atoms. The number of rotatable bonds is 3. The van der Waals surface area contributed by atoms with Crippen LogP contribution in [0, 0.1) is 11.8 Å². The van der Waals surface area contributed by atoms with Gasteiger partial charge in [-0.25, -0.2) is 4.79 Å². The summed E-state index contributed by atoms with van der Waals surface area (Å²) < 4.78 is 0. The summed E-state index contributed by atoms with van der Waals surface area (Å²) in [6.07, 6.45) is 0.490. The van der Waals surface area contributed by atoms with Gasteiger partial charge in [-0.15, -0.1) is 0 Å². The van der Waals surface area contributed by atoms with Gasteiger partial charge in [0.25, 0.3) is 0 Å². The molecule has 2 N–H and O–H groups in total. The number of likely N-dealkylation sites (N-methyl/N-ethyl adjacent to an activating group) is 1. The molecule has 1 saturated heterocycles. The Morgan fingerprint density at radius 2 is 2.11 bits per heavy atom. The van der Waals surface area contributed by atoms with Gasteiger partial charge in [-0.2, -0.15) is 0 Å². The first-order chi connectivity index (χ1) is 8.38.